The van der Waals surface area contributed by atoms with Crippen molar-refractivity contribution in [2.45, 2.75) is 30.2 Å². The van der Waals surface area contributed by atoms with Crippen molar-refractivity contribution in [1.82, 2.24) is 9.97 Å². The van der Waals surface area contributed by atoms with Gasteiger partial charge in [0.15, 0.2) is 5.16 Å². The smallest absolute Gasteiger partial charge is 0.257 e. The molecule has 1 aliphatic heterocycles. The third kappa shape index (κ3) is 4.66. The molecule has 2 aromatic carbocycles. The molecular weight excluding hydrogens is 419 g/mol. The predicted octanol–water partition coefficient (Wildman–Crippen LogP) is 3.57. The number of carbonyl (C=O) groups excluding carboxylic acids is 2. The van der Waals surface area contributed by atoms with Crippen molar-refractivity contribution in [2.75, 3.05) is 10.6 Å². The number of amides is 2. The Kier molecular flexibility index (Phi) is 5.85. The molecule has 4 rings (SSSR count). The Balaban J connectivity index is 1.58. The number of fused-ring (bicyclic) bond motifs is 1. The third-order valence-electron chi connectivity index (χ3n) is 4.84. The Morgan fingerprint density at radius 1 is 1.23 bits per heavy atom. The van der Waals surface area contributed by atoms with E-state index in [0.29, 0.717) is 10.9 Å². The van der Waals surface area contributed by atoms with Crippen LogP contribution in [0, 0.1) is 12.7 Å². The van der Waals surface area contributed by atoms with E-state index in [1.54, 1.807) is 6.07 Å². The minimum absolute atomic E-state index is 0.0188. The van der Waals surface area contributed by atoms with Crippen molar-refractivity contribution in [3.05, 3.63) is 81.4 Å². The minimum atomic E-state index is -1.07. The van der Waals surface area contributed by atoms with Crippen LogP contribution in [0.15, 0.2) is 58.5 Å². The van der Waals surface area contributed by atoms with E-state index in [1.165, 1.54) is 30.0 Å². The summed E-state index contributed by atoms with van der Waals surface area (Å²) in [6.45, 7) is 2.00. The molecule has 0 fully saturated rings. The molecule has 0 radical (unpaired) electrons. The van der Waals surface area contributed by atoms with E-state index in [4.69, 9.17) is 0 Å². The molecule has 9 heteroatoms. The highest BCUT2D eigenvalue weighted by atomic mass is 32.2. The van der Waals surface area contributed by atoms with E-state index in [-0.39, 0.29) is 23.5 Å². The number of aromatic amines is 1. The van der Waals surface area contributed by atoms with Gasteiger partial charge >= 0.3 is 0 Å². The van der Waals surface area contributed by atoms with Crippen LogP contribution in [-0.4, -0.2) is 21.8 Å². The highest BCUT2D eigenvalue weighted by molar-refractivity contribution is 7.98. The first-order valence-corrected chi connectivity index (χ1v) is 10.6. The lowest BCUT2D eigenvalue weighted by Crippen LogP contribution is -2.36. The Hall–Kier alpha value is -3.46. The lowest BCUT2D eigenvalue weighted by atomic mass is 9.92. The van der Waals surface area contributed by atoms with E-state index in [9.17, 15) is 18.8 Å². The fourth-order valence-electron chi connectivity index (χ4n) is 3.38. The summed E-state index contributed by atoms with van der Waals surface area (Å²) in [5.74, 6) is -2.13. The number of thioether (sulfide) groups is 1. The van der Waals surface area contributed by atoms with Gasteiger partial charge in [0, 0.05) is 12.2 Å². The number of benzene rings is 2. The van der Waals surface area contributed by atoms with Gasteiger partial charge in [0.2, 0.25) is 11.8 Å². The summed E-state index contributed by atoms with van der Waals surface area (Å²) in [7, 11) is 0. The monoisotopic (exact) mass is 438 g/mol. The number of nitrogens with one attached hydrogen (secondary N) is 3. The number of hydrogen-bond acceptors (Lipinski definition) is 5. The number of H-pyrrole nitrogens is 1. The fourth-order valence-corrected chi connectivity index (χ4v) is 4.18. The van der Waals surface area contributed by atoms with Crippen LogP contribution in [0.5, 0.6) is 0 Å². The summed E-state index contributed by atoms with van der Waals surface area (Å²) in [5, 5.41) is 5.36. The van der Waals surface area contributed by atoms with Crippen LogP contribution in [0.3, 0.4) is 0 Å². The first-order valence-electron chi connectivity index (χ1n) is 9.58. The van der Waals surface area contributed by atoms with Gasteiger partial charge < -0.3 is 15.6 Å². The lowest BCUT2D eigenvalue weighted by Gasteiger charge is -2.23. The standard InChI is InChI=1S/C22H19FN4O3S/c1-12-5-4-6-13(9-12)11-31-22-26-19-18(21(30)27-22)14(10-17(28)25-19)20(29)24-16-8-3-2-7-15(16)23/h2-9,14H,10-11H2,1H3,(H,24,29)(H2,25,26,27,28,30)/t14-/m1/s1. The summed E-state index contributed by atoms with van der Waals surface area (Å²) in [5.41, 5.74) is 1.73. The number of carbonyl (C=O) groups is 2. The number of halogens is 1. The Labute approximate surface area is 181 Å². The topological polar surface area (TPSA) is 104 Å². The first-order chi connectivity index (χ1) is 14.9. The predicted molar refractivity (Wildman–Crippen MR) is 117 cm³/mol. The molecule has 1 aliphatic rings. The average molecular weight is 438 g/mol. The molecule has 31 heavy (non-hydrogen) atoms. The molecule has 1 aromatic heterocycles. The van der Waals surface area contributed by atoms with Crippen LogP contribution in [0.25, 0.3) is 0 Å². The van der Waals surface area contributed by atoms with Gasteiger partial charge in [-0.3, -0.25) is 14.4 Å². The van der Waals surface area contributed by atoms with Gasteiger partial charge in [-0.25, -0.2) is 9.37 Å². The lowest BCUT2D eigenvalue weighted by molar-refractivity contribution is -0.123. The molecule has 7 nitrogen and oxygen atoms in total. The Morgan fingerprint density at radius 3 is 2.81 bits per heavy atom. The van der Waals surface area contributed by atoms with Gasteiger partial charge in [0.25, 0.3) is 5.56 Å². The SMILES string of the molecule is Cc1cccc(CSc2nc3c(c(=O)[nH]2)[C@H](C(=O)Nc2ccccc2F)CC(=O)N3)c1. The minimum Gasteiger partial charge on any atom is -0.323 e. The van der Waals surface area contributed by atoms with Crippen molar-refractivity contribution < 1.29 is 14.0 Å². The number of aromatic nitrogens is 2. The maximum Gasteiger partial charge on any atom is 0.257 e. The number of para-hydroxylation sites is 1. The summed E-state index contributed by atoms with van der Waals surface area (Å²) in [4.78, 5) is 44.7. The van der Waals surface area contributed by atoms with E-state index in [2.05, 4.69) is 20.6 Å². The second-order valence-electron chi connectivity index (χ2n) is 7.19. The zero-order valence-electron chi connectivity index (χ0n) is 16.6. The van der Waals surface area contributed by atoms with Crippen molar-refractivity contribution >= 4 is 35.1 Å². The molecule has 0 saturated carbocycles. The molecule has 2 heterocycles. The zero-order valence-corrected chi connectivity index (χ0v) is 17.4. The molecule has 0 spiro atoms. The second kappa shape index (κ2) is 8.73. The maximum absolute atomic E-state index is 13.9. The number of nitrogens with zero attached hydrogens (tertiary/aromatic N) is 1. The summed E-state index contributed by atoms with van der Waals surface area (Å²) >= 11 is 1.32. The van der Waals surface area contributed by atoms with E-state index >= 15 is 0 Å². The van der Waals surface area contributed by atoms with Crippen LogP contribution in [0.4, 0.5) is 15.9 Å². The molecule has 0 bridgehead atoms. The first kappa shape index (κ1) is 20.8. The van der Waals surface area contributed by atoms with Crippen LogP contribution in [-0.2, 0) is 15.3 Å². The molecule has 1 atom stereocenters. The van der Waals surface area contributed by atoms with E-state index in [1.807, 2.05) is 31.2 Å². The molecule has 158 valence electrons. The van der Waals surface area contributed by atoms with Crippen LogP contribution in [0.1, 0.15) is 29.0 Å². The van der Waals surface area contributed by atoms with Crippen LogP contribution in [0.2, 0.25) is 0 Å². The number of rotatable bonds is 5. The molecule has 0 unspecified atom stereocenters. The summed E-state index contributed by atoms with van der Waals surface area (Å²) in [6.07, 6.45) is -0.228. The molecule has 3 N–H and O–H groups in total. The maximum atomic E-state index is 13.9. The molecule has 3 aromatic rings. The van der Waals surface area contributed by atoms with Crippen molar-refractivity contribution in [2.24, 2.45) is 0 Å². The Morgan fingerprint density at radius 2 is 2.03 bits per heavy atom. The van der Waals surface area contributed by atoms with Crippen LogP contribution < -0.4 is 16.2 Å². The normalized spacial score (nSPS) is 15.2. The van der Waals surface area contributed by atoms with Crippen LogP contribution >= 0.6 is 11.8 Å². The largest absolute Gasteiger partial charge is 0.323 e. The average Bonchev–Trinajstić information content (AvgIpc) is 2.73. The van der Waals surface area contributed by atoms with Gasteiger partial charge in [-0.2, -0.15) is 0 Å². The van der Waals surface area contributed by atoms with Crippen molar-refractivity contribution in [1.29, 1.82) is 0 Å². The summed E-state index contributed by atoms with van der Waals surface area (Å²) in [6, 6.07) is 13.7. The zero-order chi connectivity index (χ0) is 22.0. The quantitative estimate of drug-likeness (QED) is 0.417. The van der Waals surface area contributed by atoms with Gasteiger partial charge in [-0.15, -0.1) is 0 Å². The Bertz CT molecular complexity index is 1230. The van der Waals surface area contributed by atoms with Gasteiger partial charge in [-0.1, -0.05) is 53.7 Å². The number of aryl methyl sites for hydroxylation is 1. The highest BCUT2D eigenvalue weighted by Gasteiger charge is 2.35. The molecule has 0 aliphatic carbocycles. The van der Waals surface area contributed by atoms with Gasteiger partial charge in [-0.05, 0) is 24.6 Å². The summed E-state index contributed by atoms with van der Waals surface area (Å²) < 4.78 is 13.9. The van der Waals surface area contributed by atoms with Crippen molar-refractivity contribution in [3.8, 4) is 0 Å². The second-order valence-corrected chi connectivity index (χ2v) is 8.15. The molecular formula is C22H19FN4O3S. The molecule has 2 amide bonds. The highest BCUT2D eigenvalue weighted by Crippen LogP contribution is 2.31. The fraction of sp³-hybridized carbons (Fsp3) is 0.182. The van der Waals surface area contributed by atoms with Crippen molar-refractivity contribution in [3.63, 3.8) is 0 Å². The van der Waals surface area contributed by atoms with E-state index in [0.717, 1.165) is 11.1 Å². The number of hydrogen-bond donors (Lipinski definition) is 3. The van der Waals surface area contributed by atoms with E-state index < -0.39 is 29.1 Å². The van der Waals surface area contributed by atoms with Gasteiger partial charge in [0.05, 0.1) is 17.2 Å². The van der Waals surface area contributed by atoms with Gasteiger partial charge in [0.1, 0.15) is 11.6 Å². The number of anilines is 2. The molecule has 0 saturated heterocycles. The third-order valence-corrected chi connectivity index (χ3v) is 5.78.